The Morgan fingerprint density at radius 3 is 2.89 bits per heavy atom. The van der Waals surface area contributed by atoms with Gasteiger partial charge in [-0.05, 0) is 19.8 Å². The number of rotatable bonds is 6. The summed E-state index contributed by atoms with van der Waals surface area (Å²) in [5, 5.41) is 8.73. The van der Waals surface area contributed by atoms with Crippen LogP contribution in [0.2, 0.25) is 0 Å². The summed E-state index contributed by atoms with van der Waals surface area (Å²) in [5.74, 6) is 1.15. The summed E-state index contributed by atoms with van der Waals surface area (Å²) in [7, 11) is 0. The largest absolute Gasteiger partial charge is 0.394 e. The third-order valence-corrected chi connectivity index (χ3v) is 3.49. The minimum atomic E-state index is 0.119. The van der Waals surface area contributed by atoms with Crippen LogP contribution in [0.5, 0.6) is 0 Å². The van der Waals surface area contributed by atoms with Crippen molar-refractivity contribution in [2.24, 2.45) is 0 Å². The third kappa shape index (κ3) is 3.54. The molecule has 1 aliphatic heterocycles. The second-order valence-corrected chi connectivity index (χ2v) is 4.70. The third-order valence-electron chi connectivity index (χ3n) is 3.49. The number of hydrogen-bond acceptors (Lipinski definition) is 4. The van der Waals surface area contributed by atoms with E-state index >= 15 is 0 Å². The standard InChI is InChI=1S/C13H23N3O2/c1-2-16-8-5-14-13(16)11-15-6-3-12(4-7-15)18-10-9-17/h5,8,12,17H,2-4,6-7,9-11H2,1H3. The van der Waals surface area contributed by atoms with Crippen LogP contribution in [0.15, 0.2) is 12.4 Å². The van der Waals surface area contributed by atoms with E-state index in [9.17, 15) is 0 Å². The number of ether oxygens (including phenoxy) is 1. The lowest BCUT2D eigenvalue weighted by Crippen LogP contribution is -2.37. The van der Waals surface area contributed by atoms with E-state index < -0.39 is 0 Å². The molecule has 0 unspecified atom stereocenters. The van der Waals surface area contributed by atoms with Crippen molar-refractivity contribution in [3.63, 3.8) is 0 Å². The normalized spacial score (nSPS) is 18.3. The number of likely N-dealkylation sites (tertiary alicyclic amines) is 1. The molecule has 1 N–H and O–H groups in total. The molecule has 0 amide bonds. The van der Waals surface area contributed by atoms with Crippen molar-refractivity contribution in [2.45, 2.75) is 39.0 Å². The van der Waals surface area contributed by atoms with Crippen molar-refractivity contribution < 1.29 is 9.84 Å². The van der Waals surface area contributed by atoms with Gasteiger partial charge in [0.25, 0.3) is 0 Å². The molecule has 2 rings (SSSR count). The number of aryl methyl sites for hydroxylation is 1. The lowest BCUT2D eigenvalue weighted by atomic mass is 10.1. The zero-order valence-corrected chi connectivity index (χ0v) is 11.1. The van der Waals surface area contributed by atoms with Gasteiger partial charge in [0.2, 0.25) is 0 Å². The highest BCUT2D eigenvalue weighted by Gasteiger charge is 2.20. The van der Waals surface area contributed by atoms with E-state index in [2.05, 4.69) is 21.4 Å². The molecule has 1 fully saturated rings. The number of aliphatic hydroxyl groups excluding tert-OH is 1. The minimum Gasteiger partial charge on any atom is -0.394 e. The van der Waals surface area contributed by atoms with Crippen molar-refractivity contribution in [3.05, 3.63) is 18.2 Å². The molecule has 18 heavy (non-hydrogen) atoms. The topological polar surface area (TPSA) is 50.5 Å². The van der Waals surface area contributed by atoms with Gasteiger partial charge in [-0.15, -0.1) is 0 Å². The van der Waals surface area contributed by atoms with Crippen molar-refractivity contribution in [1.82, 2.24) is 14.5 Å². The predicted molar refractivity (Wildman–Crippen MR) is 69.2 cm³/mol. The van der Waals surface area contributed by atoms with Gasteiger partial charge < -0.3 is 14.4 Å². The first-order valence-electron chi connectivity index (χ1n) is 6.78. The maximum Gasteiger partial charge on any atom is 0.122 e. The number of piperidine rings is 1. The van der Waals surface area contributed by atoms with E-state index in [0.29, 0.717) is 12.7 Å². The summed E-state index contributed by atoms with van der Waals surface area (Å²) >= 11 is 0. The molecule has 102 valence electrons. The van der Waals surface area contributed by atoms with E-state index in [1.165, 1.54) is 0 Å². The molecule has 0 saturated carbocycles. The van der Waals surface area contributed by atoms with Crippen LogP contribution in [0.1, 0.15) is 25.6 Å². The van der Waals surface area contributed by atoms with Crippen LogP contribution in [0, 0.1) is 0 Å². The zero-order chi connectivity index (χ0) is 12.8. The van der Waals surface area contributed by atoms with Crippen LogP contribution in [0.4, 0.5) is 0 Å². The van der Waals surface area contributed by atoms with Gasteiger partial charge >= 0.3 is 0 Å². The minimum absolute atomic E-state index is 0.119. The van der Waals surface area contributed by atoms with Crippen LogP contribution >= 0.6 is 0 Å². The lowest BCUT2D eigenvalue weighted by Gasteiger charge is -2.31. The Labute approximate surface area is 108 Å². The highest BCUT2D eigenvalue weighted by atomic mass is 16.5. The van der Waals surface area contributed by atoms with Crippen molar-refractivity contribution >= 4 is 0 Å². The van der Waals surface area contributed by atoms with Gasteiger partial charge in [-0.25, -0.2) is 4.98 Å². The van der Waals surface area contributed by atoms with E-state index in [0.717, 1.165) is 44.8 Å². The lowest BCUT2D eigenvalue weighted by molar-refractivity contribution is -0.00951. The fraction of sp³-hybridized carbons (Fsp3) is 0.769. The Hall–Kier alpha value is -0.910. The van der Waals surface area contributed by atoms with Gasteiger partial charge in [0.1, 0.15) is 5.82 Å². The Morgan fingerprint density at radius 2 is 2.22 bits per heavy atom. The molecule has 0 bridgehead atoms. The maximum atomic E-state index is 8.73. The van der Waals surface area contributed by atoms with Gasteiger partial charge in [-0.2, -0.15) is 0 Å². The van der Waals surface area contributed by atoms with E-state index in [1.807, 2.05) is 12.4 Å². The molecule has 1 saturated heterocycles. The molecule has 0 spiro atoms. The average molecular weight is 253 g/mol. The van der Waals surface area contributed by atoms with Crippen LogP contribution in [0.3, 0.4) is 0 Å². The van der Waals surface area contributed by atoms with Crippen molar-refractivity contribution in [3.8, 4) is 0 Å². The molecule has 0 atom stereocenters. The van der Waals surface area contributed by atoms with Gasteiger partial charge in [0.05, 0.1) is 25.9 Å². The number of aromatic nitrogens is 2. The smallest absolute Gasteiger partial charge is 0.122 e. The fourth-order valence-electron chi connectivity index (χ4n) is 2.43. The van der Waals surface area contributed by atoms with Gasteiger partial charge in [-0.3, -0.25) is 4.90 Å². The second-order valence-electron chi connectivity index (χ2n) is 4.70. The summed E-state index contributed by atoms with van der Waals surface area (Å²) in [5.41, 5.74) is 0. The molecule has 2 heterocycles. The van der Waals surface area contributed by atoms with Gasteiger partial charge in [-0.1, -0.05) is 0 Å². The molecule has 1 aliphatic rings. The van der Waals surface area contributed by atoms with E-state index in [1.54, 1.807) is 0 Å². The Kier molecular flexibility index (Phi) is 5.16. The first kappa shape index (κ1) is 13.5. The molecule has 0 aromatic carbocycles. The second kappa shape index (κ2) is 6.87. The van der Waals surface area contributed by atoms with E-state index in [4.69, 9.17) is 9.84 Å². The zero-order valence-electron chi connectivity index (χ0n) is 11.1. The summed E-state index contributed by atoms with van der Waals surface area (Å²) in [4.78, 5) is 6.83. The van der Waals surface area contributed by atoms with Gasteiger partial charge in [0.15, 0.2) is 0 Å². The van der Waals surface area contributed by atoms with Crippen LogP contribution in [-0.2, 0) is 17.8 Å². The molecular formula is C13H23N3O2. The highest BCUT2D eigenvalue weighted by molar-refractivity contribution is 4.92. The Bertz CT molecular complexity index is 346. The SMILES string of the molecule is CCn1ccnc1CN1CCC(OCCO)CC1. The first-order valence-corrected chi connectivity index (χ1v) is 6.78. The first-order chi connectivity index (χ1) is 8.83. The van der Waals surface area contributed by atoms with Crippen molar-refractivity contribution in [1.29, 1.82) is 0 Å². The van der Waals surface area contributed by atoms with E-state index in [-0.39, 0.29) is 6.61 Å². The number of imidazole rings is 1. The van der Waals surface area contributed by atoms with Crippen LogP contribution < -0.4 is 0 Å². The highest BCUT2D eigenvalue weighted by Crippen LogP contribution is 2.15. The average Bonchev–Trinajstić information content (AvgIpc) is 2.85. The molecule has 1 aromatic rings. The molecule has 5 heteroatoms. The predicted octanol–water partition coefficient (Wildman–Crippen LogP) is 0.876. The summed E-state index contributed by atoms with van der Waals surface area (Å²) in [6.07, 6.45) is 6.32. The molecule has 0 aliphatic carbocycles. The van der Waals surface area contributed by atoms with Gasteiger partial charge in [0, 0.05) is 32.0 Å². The quantitative estimate of drug-likeness (QED) is 0.817. The molecule has 1 aromatic heterocycles. The van der Waals surface area contributed by atoms with Crippen molar-refractivity contribution in [2.75, 3.05) is 26.3 Å². The fourth-order valence-corrected chi connectivity index (χ4v) is 2.43. The maximum absolute atomic E-state index is 8.73. The number of nitrogens with zero attached hydrogens (tertiary/aromatic N) is 3. The Balaban J connectivity index is 1.76. The summed E-state index contributed by atoms with van der Waals surface area (Å²) < 4.78 is 7.75. The molecule has 0 radical (unpaired) electrons. The summed E-state index contributed by atoms with van der Waals surface area (Å²) in [6, 6.07) is 0. The summed E-state index contributed by atoms with van der Waals surface area (Å²) in [6.45, 7) is 6.72. The number of hydrogen-bond donors (Lipinski definition) is 1. The van der Waals surface area contributed by atoms with Crippen LogP contribution in [0.25, 0.3) is 0 Å². The monoisotopic (exact) mass is 253 g/mol. The Morgan fingerprint density at radius 1 is 1.44 bits per heavy atom. The molecular weight excluding hydrogens is 230 g/mol. The van der Waals surface area contributed by atoms with Crippen LogP contribution in [-0.4, -0.2) is 52.0 Å². The number of aliphatic hydroxyl groups is 1. The molecule has 5 nitrogen and oxygen atoms in total.